The number of H-pyrrole nitrogens is 1. The molecule has 2 fully saturated rings. The normalized spacial score (nSPS) is 24.9. The average Bonchev–Trinajstić information content (AvgIpc) is 3.09. The minimum absolute atomic E-state index is 0.606. The van der Waals surface area contributed by atoms with E-state index in [2.05, 4.69) is 35.7 Å². The van der Waals surface area contributed by atoms with Gasteiger partial charge in [-0.15, -0.1) is 0 Å². The fraction of sp³-hybridized carbons (Fsp3) is 0.462. The van der Waals surface area contributed by atoms with E-state index in [1.807, 2.05) is 6.07 Å². The number of fused-ring (bicyclic) bond motifs is 2. The van der Waals surface area contributed by atoms with Gasteiger partial charge in [-0.25, -0.2) is 4.98 Å². The molecule has 0 aliphatic carbocycles. The van der Waals surface area contributed by atoms with E-state index in [9.17, 15) is 0 Å². The topological polar surface area (TPSA) is 81.8 Å². The van der Waals surface area contributed by atoms with Crippen LogP contribution in [0.25, 0.3) is 0 Å². The van der Waals surface area contributed by atoms with Crippen molar-refractivity contribution in [3.63, 3.8) is 0 Å². The van der Waals surface area contributed by atoms with E-state index in [0.717, 1.165) is 24.6 Å². The number of rotatable bonds is 3. The first-order chi connectivity index (χ1) is 9.87. The lowest BCUT2D eigenvalue weighted by Crippen LogP contribution is -2.51. The van der Waals surface area contributed by atoms with Crippen molar-refractivity contribution >= 4 is 17.5 Å². The number of nitrogens with one attached hydrogen (secondary N) is 3. The van der Waals surface area contributed by atoms with Gasteiger partial charge in [0.1, 0.15) is 5.82 Å². The van der Waals surface area contributed by atoms with E-state index < -0.39 is 0 Å². The van der Waals surface area contributed by atoms with Gasteiger partial charge in [-0.3, -0.25) is 5.10 Å². The zero-order valence-corrected chi connectivity index (χ0v) is 11.1. The SMILES string of the molecule is c1cc(N2C[C@H]3CC[C@@H](C2)N3)nc(Nc2cn[nH]c2)n1. The van der Waals surface area contributed by atoms with Crippen molar-refractivity contribution < 1.29 is 0 Å². The first-order valence-electron chi connectivity index (χ1n) is 6.97. The second-order valence-corrected chi connectivity index (χ2v) is 5.39. The van der Waals surface area contributed by atoms with Crippen LogP contribution in [0.2, 0.25) is 0 Å². The van der Waals surface area contributed by atoms with Crippen molar-refractivity contribution in [1.29, 1.82) is 0 Å². The first kappa shape index (κ1) is 11.7. The first-order valence-corrected chi connectivity index (χ1v) is 6.97. The molecule has 3 N–H and O–H groups in total. The lowest BCUT2D eigenvalue weighted by molar-refractivity contribution is 0.463. The summed E-state index contributed by atoms with van der Waals surface area (Å²) in [6, 6.07) is 3.19. The molecule has 7 heteroatoms. The Morgan fingerprint density at radius 1 is 1.25 bits per heavy atom. The predicted octanol–water partition coefficient (Wildman–Crippen LogP) is 0.884. The molecular formula is C13H17N7. The van der Waals surface area contributed by atoms with Crippen molar-refractivity contribution in [3.8, 4) is 0 Å². The smallest absolute Gasteiger partial charge is 0.229 e. The van der Waals surface area contributed by atoms with Crippen molar-refractivity contribution in [2.75, 3.05) is 23.3 Å². The molecular weight excluding hydrogens is 254 g/mol. The summed E-state index contributed by atoms with van der Waals surface area (Å²) >= 11 is 0. The molecule has 20 heavy (non-hydrogen) atoms. The van der Waals surface area contributed by atoms with Gasteiger partial charge in [0, 0.05) is 37.6 Å². The Labute approximate surface area is 116 Å². The summed E-state index contributed by atoms with van der Waals surface area (Å²) in [5.74, 6) is 1.60. The highest BCUT2D eigenvalue weighted by Crippen LogP contribution is 2.24. The summed E-state index contributed by atoms with van der Waals surface area (Å²) in [6.45, 7) is 2.05. The summed E-state index contributed by atoms with van der Waals surface area (Å²) in [5.41, 5.74) is 0.863. The summed E-state index contributed by atoms with van der Waals surface area (Å²) in [7, 11) is 0. The molecule has 2 aromatic heterocycles. The molecule has 2 aromatic rings. The molecule has 0 aromatic carbocycles. The van der Waals surface area contributed by atoms with Crippen LogP contribution in [0.3, 0.4) is 0 Å². The molecule has 4 heterocycles. The molecule has 104 valence electrons. The van der Waals surface area contributed by atoms with E-state index in [4.69, 9.17) is 0 Å². The standard InChI is InChI=1S/C13H17N7/c1-2-10-8-20(7-9(1)17-10)12-3-4-14-13(19-12)18-11-5-15-16-6-11/h3-6,9-10,17H,1-2,7-8H2,(H,15,16)(H,14,18,19)/t9-,10+. The molecule has 0 spiro atoms. The van der Waals surface area contributed by atoms with Gasteiger partial charge in [-0.2, -0.15) is 10.1 Å². The Kier molecular flexibility index (Phi) is 2.77. The Balaban J connectivity index is 1.53. The van der Waals surface area contributed by atoms with Gasteiger partial charge in [0.15, 0.2) is 0 Å². The molecule has 2 atom stereocenters. The van der Waals surface area contributed by atoms with E-state index >= 15 is 0 Å². The van der Waals surface area contributed by atoms with Crippen LogP contribution in [0, 0.1) is 0 Å². The highest BCUT2D eigenvalue weighted by Gasteiger charge is 2.32. The van der Waals surface area contributed by atoms with Gasteiger partial charge in [-0.05, 0) is 18.9 Å². The van der Waals surface area contributed by atoms with Gasteiger partial charge < -0.3 is 15.5 Å². The van der Waals surface area contributed by atoms with E-state index in [1.54, 1.807) is 18.6 Å². The lowest BCUT2D eigenvalue weighted by atomic mass is 10.2. The van der Waals surface area contributed by atoms with Crippen molar-refractivity contribution in [2.24, 2.45) is 0 Å². The van der Waals surface area contributed by atoms with Gasteiger partial charge in [0.25, 0.3) is 0 Å². The number of anilines is 3. The Morgan fingerprint density at radius 2 is 2.10 bits per heavy atom. The Bertz CT molecular complexity index is 570. The van der Waals surface area contributed by atoms with Crippen LogP contribution in [0.5, 0.6) is 0 Å². The molecule has 0 saturated carbocycles. The molecule has 0 unspecified atom stereocenters. The van der Waals surface area contributed by atoms with E-state index in [1.165, 1.54) is 12.8 Å². The minimum Gasteiger partial charge on any atom is -0.353 e. The van der Waals surface area contributed by atoms with Gasteiger partial charge in [0.05, 0.1) is 11.9 Å². The molecule has 7 nitrogen and oxygen atoms in total. The third-order valence-corrected chi connectivity index (χ3v) is 3.94. The molecule has 2 saturated heterocycles. The molecule has 0 amide bonds. The van der Waals surface area contributed by atoms with E-state index in [0.29, 0.717) is 18.0 Å². The quantitative estimate of drug-likeness (QED) is 0.769. The van der Waals surface area contributed by atoms with Crippen molar-refractivity contribution in [1.82, 2.24) is 25.5 Å². The van der Waals surface area contributed by atoms with E-state index in [-0.39, 0.29) is 0 Å². The van der Waals surface area contributed by atoms with Crippen LogP contribution in [-0.4, -0.2) is 45.3 Å². The fourth-order valence-corrected chi connectivity index (χ4v) is 3.02. The third-order valence-electron chi connectivity index (χ3n) is 3.94. The number of nitrogens with zero attached hydrogens (tertiary/aromatic N) is 4. The fourth-order valence-electron chi connectivity index (χ4n) is 3.02. The van der Waals surface area contributed by atoms with Gasteiger partial charge in [-0.1, -0.05) is 0 Å². The summed E-state index contributed by atoms with van der Waals surface area (Å²) < 4.78 is 0. The summed E-state index contributed by atoms with van der Waals surface area (Å²) in [4.78, 5) is 11.2. The van der Waals surface area contributed by atoms with Crippen LogP contribution in [0.4, 0.5) is 17.5 Å². The van der Waals surface area contributed by atoms with Gasteiger partial charge in [0.2, 0.25) is 5.95 Å². The number of piperazine rings is 1. The second-order valence-electron chi connectivity index (χ2n) is 5.39. The minimum atomic E-state index is 0.606. The van der Waals surface area contributed by atoms with Crippen molar-refractivity contribution in [2.45, 2.75) is 24.9 Å². The summed E-state index contributed by atoms with van der Waals surface area (Å²) in [5, 5.41) is 13.4. The number of aromatic amines is 1. The monoisotopic (exact) mass is 271 g/mol. The van der Waals surface area contributed by atoms with Crippen LogP contribution in [0.15, 0.2) is 24.7 Å². The predicted molar refractivity (Wildman–Crippen MR) is 76.1 cm³/mol. The lowest BCUT2D eigenvalue weighted by Gasteiger charge is -2.33. The zero-order valence-electron chi connectivity index (χ0n) is 11.1. The maximum Gasteiger partial charge on any atom is 0.229 e. The number of hydrogen-bond acceptors (Lipinski definition) is 6. The van der Waals surface area contributed by atoms with Crippen molar-refractivity contribution in [3.05, 3.63) is 24.7 Å². The molecule has 0 radical (unpaired) electrons. The highest BCUT2D eigenvalue weighted by molar-refractivity contribution is 5.53. The van der Waals surface area contributed by atoms with Crippen LogP contribution in [-0.2, 0) is 0 Å². The molecule has 2 aliphatic rings. The molecule has 2 bridgehead atoms. The number of hydrogen-bond donors (Lipinski definition) is 3. The summed E-state index contributed by atoms with van der Waals surface area (Å²) in [6.07, 6.45) is 7.83. The second kappa shape index (κ2) is 4.75. The largest absolute Gasteiger partial charge is 0.353 e. The van der Waals surface area contributed by atoms with Gasteiger partial charge >= 0.3 is 0 Å². The maximum absolute atomic E-state index is 4.60. The van der Waals surface area contributed by atoms with Crippen LogP contribution < -0.4 is 15.5 Å². The Hall–Kier alpha value is -2.15. The highest BCUT2D eigenvalue weighted by atomic mass is 15.3. The van der Waals surface area contributed by atoms with Crippen LogP contribution >= 0.6 is 0 Å². The number of aromatic nitrogens is 4. The third kappa shape index (κ3) is 2.20. The molecule has 2 aliphatic heterocycles. The average molecular weight is 271 g/mol. The zero-order chi connectivity index (χ0) is 13.4. The molecule has 4 rings (SSSR count). The van der Waals surface area contributed by atoms with Crippen LogP contribution in [0.1, 0.15) is 12.8 Å². The maximum atomic E-state index is 4.60. The Morgan fingerprint density at radius 3 is 2.85 bits per heavy atom.